The van der Waals surface area contributed by atoms with Crippen molar-refractivity contribution in [3.63, 3.8) is 0 Å². The number of nitrogens with zero attached hydrogens (tertiary/aromatic N) is 6. The van der Waals surface area contributed by atoms with Gasteiger partial charge < -0.3 is 19.3 Å². The molecule has 3 aromatic heterocycles. The molecule has 0 aliphatic rings. The van der Waals surface area contributed by atoms with Crippen LogP contribution in [0.15, 0.2) is 51.1 Å². The number of carboxylic acid groups (broad SMARTS) is 1. The molecule has 24 heteroatoms. The zero-order valence-corrected chi connectivity index (χ0v) is 29.2. The molecule has 52 heavy (non-hydrogen) atoms. The Morgan fingerprint density at radius 2 is 1.58 bits per heavy atom. The van der Waals surface area contributed by atoms with Crippen LogP contribution in [0.25, 0.3) is 5.69 Å². The van der Waals surface area contributed by atoms with Crippen molar-refractivity contribution in [3.05, 3.63) is 79.2 Å². The van der Waals surface area contributed by atoms with Crippen LogP contribution in [-0.4, -0.2) is 80.7 Å². The lowest BCUT2D eigenvalue weighted by Crippen LogP contribution is -2.40. The van der Waals surface area contributed by atoms with Crippen LogP contribution in [0.1, 0.15) is 40.3 Å². The topological polar surface area (TPSA) is 245 Å². The smallest absolute Gasteiger partial charge is 0.431 e. The van der Waals surface area contributed by atoms with E-state index in [1.54, 1.807) is 18.6 Å². The molecule has 4 rings (SSSR count). The number of carbonyl (C=O) groups excluding carboxylic acids is 2. The third-order valence-electron chi connectivity index (χ3n) is 6.30. The number of urea groups is 1. The lowest BCUT2D eigenvalue weighted by atomic mass is 10.2. The Morgan fingerprint density at radius 3 is 2.10 bits per heavy atom. The minimum atomic E-state index is -4.86. The van der Waals surface area contributed by atoms with Gasteiger partial charge in [0.25, 0.3) is 15.6 Å². The Hall–Kier alpha value is -5.97. The highest BCUT2D eigenvalue weighted by Gasteiger charge is 2.35. The Labute approximate surface area is 295 Å². The Balaban J connectivity index is 0.000000280. The minimum absolute atomic E-state index is 0.0104. The molecule has 0 radical (unpaired) electrons. The van der Waals surface area contributed by atoms with Gasteiger partial charge in [0, 0.05) is 20.2 Å². The van der Waals surface area contributed by atoms with Crippen LogP contribution in [0.2, 0.25) is 5.02 Å². The molecule has 0 fully saturated rings. The first-order valence-electron chi connectivity index (χ1n) is 14.1. The zero-order valence-electron chi connectivity index (χ0n) is 27.7. The molecule has 3 N–H and O–H groups in total. The average molecular weight is 777 g/mol. The van der Waals surface area contributed by atoms with E-state index in [1.807, 2.05) is 0 Å². The summed E-state index contributed by atoms with van der Waals surface area (Å²) in [5.41, 5.74) is -4.60. The molecule has 3 heterocycles. The molecule has 4 aromatic rings. The second-order valence-electron chi connectivity index (χ2n) is 10.3. The van der Waals surface area contributed by atoms with Gasteiger partial charge in [-0.3, -0.25) is 19.4 Å². The molecule has 0 unspecified atom stereocenters. The molecule has 0 bridgehead atoms. The van der Waals surface area contributed by atoms with Gasteiger partial charge in [-0.1, -0.05) is 11.6 Å². The number of aromatic nitrogens is 6. The van der Waals surface area contributed by atoms with Crippen molar-refractivity contribution < 1.29 is 55.3 Å². The van der Waals surface area contributed by atoms with E-state index in [2.05, 4.69) is 20.4 Å². The molecule has 0 saturated heterocycles. The number of amides is 2. The average Bonchev–Trinajstić information content (AvgIpc) is 3.45. The number of methoxy groups -OCH3 is 2. The molecule has 2 amide bonds. The molecule has 0 aliphatic carbocycles. The number of benzene rings is 1. The lowest BCUT2D eigenvalue weighted by Gasteiger charge is -2.15. The molecule has 0 spiro atoms. The highest BCUT2D eigenvalue weighted by molar-refractivity contribution is 7.90. The number of carboxylic acids is 1. The number of esters is 1. The van der Waals surface area contributed by atoms with Crippen molar-refractivity contribution in [2.45, 2.75) is 31.2 Å². The second-order valence-corrected chi connectivity index (χ2v) is 12.3. The van der Waals surface area contributed by atoms with E-state index in [-0.39, 0.29) is 34.0 Å². The fourth-order valence-corrected chi connectivity index (χ4v) is 5.49. The van der Waals surface area contributed by atoms with Gasteiger partial charge in [0.15, 0.2) is 5.03 Å². The van der Waals surface area contributed by atoms with Crippen LogP contribution in [-0.2, 0) is 35.0 Å². The zero-order chi connectivity index (χ0) is 39.3. The SMILES string of the molecule is CC(C)OC(=O)c1cc(-n2c(=O)cc(C(F)(F)F)n(C)c2=O)ccc1Cl.COc1cc(OC)nc(NC(=O)NS(=O)(=O)c2c(C(=O)O)cnn2C)n1. The molecule has 0 aliphatic heterocycles. The molecule has 280 valence electrons. The summed E-state index contributed by atoms with van der Waals surface area (Å²) < 4.78 is 81.4. The summed E-state index contributed by atoms with van der Waals surface area (Å²) in [6.45, 7) is 3.23. The number of nitrogens with one attached hydrogen (secondary N) is 2. The predicted octanol–water partition coefficient (Wildman–Crippen LogP) is 2.21. The van der Waals surface area contributed by atoms with E-state index in [1.165, 1.54) is 39.5 Å². The lowest BCUT2D eigenvalue weighted by molar-refractivity contribution is -0.144. The van der Waals surface area contributed by atoms with Crippen LogP contribution in [0.4, 0.5) is 23.9 Å². The van der Waals surface area contributed by atoms with Gasteiger partial charge in [0.2, 0.25) is 17.7 Å². The van der Waals surface area contributed by atoms with E-state index in [9.17, 15) is 45.6 Å². The number of anilines is 1. The van der Waals surface area contributed by atoms with Crippen LogP contribution < -0.4 is 30.8 Å². The number of sulfonamides is 1. The summed E-state index contributed by atoms with van der Waals surface area (Å²) in [6.07, 6.45) is -4.45. The highest BCUT2D eigenvalue weighted by atomic mass is 35.5. The Bertz CT molecular complexity index is 2230. The van der Waals surface area contributed by atoms with Gasteiger partial charge in [-0.25, -0.2) is 28.5 Å². The fourth-order valence-electron chi connectivity index (χ4n) is 4.08. The van der Waals surface area contributed by atoms with Crippen molar-refractivity contribution in [3.8, 4) is 17.4 Å². The fraction of sp³-hybridized carbons (Fsp3) is 0.286. The van der Waals surface area contributed by atoms with E-state index in [4.69, 9.17) is 30.9 Å². The maximum absolute atomic E-state index is 12.9. The Kier molecular flexibility index (Phi) is 12.4. The van der Waals surface area contributed by atoms with Crippen LogP contribution in [0.5, 0.6) is 11.8 Å². The molecular formula is C28H28ClF3N8O11S. The standard InChI is InChI=1S/C16H14ClF3N2O4.C12H14N6O7S/c1-8(2)26-14(24)10-6-9(4-5-11(10)17)22-13(23)7-12(16(18,19)20)21(3)15(22)25;1-18-9(6(5-13-18)10(19)20)26(22,23)17-12(21)16-11-14-7(24-2)4-8(15-11)25-3/h4-8H,1-3H3;4-5H,1-3H3,(H,19,20)(H2,14,15,16,17,21). The second kappa shape index (κ2) is 15.9. The number of rotatable bonds is 9. The summed E-state index contributed by atoms with van der Waals surface area (Å²) >= 11 is 5.94. The quantitative estimate of drug-likeness (QED) is 0.207. The van der Waals surface area contributed by atoms with Gasteiger partial charge >= 0.3 is 29.8 Å². The molecule has 0 saturated carbocycles. The number of hydrogen-bond acceptors (Lipinski definition) is 13. The van der Waals surface area contributed by atoms with Crippen molar-refractivity contribution in [1.82, 2.24) is 33.6 Å². The third-order valence-corrected chi connectivity index (χ3v) is 8.08. The monoisotopic (exact) mass is 776 g/mol. The largest absolute Gasteiger partial charge is 0.481 e. The summed E-state index contributed by atoms with van der Waals surface area (Å²) in [4.78, 5) is 67.1. The van der Waals surface area contributed by atoms with Crippen molar-refractivity contribution >= 4 is 45.5 Å². The number of carbonyl (C=O) groups is 3. The number of halogens is 4. The van der Waals surface area contributed by atoms with E-state index >= 15 is 0 Å². The van der Waals surface area contributed by atoms with E-state index < -0.39 is 67.8 Å². The van der Waals surface area contributed by atoms with Gasteiger partial charge in [-0.05, 0) is 32.0 Å². The number of ether oxygens (including phenoxy) is 3. The summed E-state index contributed by atoms with van der Waals surface area (Å²) in [5.74, 6) is -2.47. The third kappa shape index (κ3) is 9.42. The van der Waals surface area contributed by atoms with Gasteiger partial charge in [-0.15, -0.1) is 0 Å². The first-order chi connectivity index (χ1) is 24.1. The molecular weight excluding hydrogens is 749 g/mol. The van der Waals surface area contributed by atoms with Gasteiger partial charge in [0.05, 0.1) is 48.9 Å². The van der Waals surface area contributed by atoms with E-state index in [0.29, 0.717) is 15.2 Å². The van der Waals surface area contributed by atoms with Crippen molar-refractivity contribution in [2.75, 3.05) is 19.5 Å². The van der Waals surface area contributed by atoms with E-state index in [0.717, 1.165) is 24.0 Å². The maximum Gasteiger partial charge on any atom is 0.431 e. The Morgan fingerprint density at radius 1 is 0.981 bits per heavy atom. The minimum Gasteiger partial charge on any atom is -0.481 e. The van der Waals surface area contributed by atoms with Crippen molar-refractivity contribution in [1.29, 1.82) is 0 Å². The number of alkyl halides is 3. The number of aromatic carboxylic acids is 1. The first kappa shape index (κ1) is 40.5. The molecule has 19 nitrogen and oxygen atoms in total. The maximum atomic E-state index is 12.9. The highest BCUT2D eigenvalue weighted by Crippen LogP contribution is 2.27. The van der Waals surface area contributed by atoms with Gasteiger partial charge in [0.1, 0.15) is 11.3 Å². The summed E-state index contributed by atoms with van der Waals surface area (Å²) in [7, 11) is 0.227. The summed E-state index contributed by atoms with van der Waals surface area (Å²) in [5, 5.41) is 14.0. The number of hydrogen-bond donors (Lipinski definition) is 3. The number of aryl methyl sites for hydroxylation is 1. The van der Waals surface area contributed by atoms with Crippen LogP contribution in [0.3, 0.4) is 0 Å². The van der Waals surface area contributed by atoms with Crippen molar-refractivity contribution in [2.24, 2.45) is 14.1 Å². The van der Waals surface area contributed by atoms with Crippen LogP contribution in [0, 0.1) is 0 Å². The molecule has 0 atom stereocenters. The van der Waals surface area contributed by atoms with Crippen LogP contribution >= 0.6 is 11.6 Å². The summed E-state index contributed by atoms with van der Waals surface area (Å²) in [6, 6.07) is 4.03. The predicted molar refractivity (Wildman–Crippen MR) is 172 cm³/mol. The van der Waals surface area contributed by atoms with Gasteiger partial charge in [-0.2, -0.15) is 36.7 Å². The first-order valence-corrected chi connectivity index (χ1v) is 15.9. The normalized spacial score (nSPS) is 11.3. The molecule has 1 aromatic carbocycles.